The summed E-state index contributed by atoms with van der Waals surface area (Å²) in [5.74, 6) is 0. The van der Waals surface area contributed by atoms with Gasteiger partial charge in [0.15, 0.2) is 5.70 Å². The molecule has 0 amide bonds. The molecule has 1 unspecified atom stereocenters. The maximum atomic E-state index is 3.87. The van der Waals surface area contributed by atoms with Crippen molar-refractivity contribution in [3.8, 4) is 0 Å². The van der Waals surface area contributed by atoms with Gasteiger partial charge in [-0.05, 0) is 6.08 Å². The van der Waals surface area contributed by atoms with Gasteiger partial charge in [0.1, 0.15) is 12.4 Å². The van der Waals surface area contributed by atoms with Crippen LogP contribution in [0.1, 0.15) is 0 Å². The number of allylic oxidation sites excluding steroid dienone is 3. The van der Waals surface area contributed by atoms with Gasteiger partial charge in [0.25, 0.3) is 0 Å². The molecule has 1 atom stereocenters. The summed E-state index contributed by atoms with van der Waals surface area (Å²) in [5, 5.41) is 8.59. The van der Waals surface area contributed by atoms with Gasteiger partial charge >= 0.3 is 0 Å². The zero-order valence-electron chi connectivity index (χ0n) is 4.78. The molecule has 2 rings (SSSR count). The lowest BCUT2D eigenvalue weighted by Gasteiger charge is -2.01. The zero-order valence-corrected chi connectivity index (χ0v) is 4.78. The molecule has 0 radical (unpaired) electrons. The fourth-order valence-corrected chi connectivity index (χ4v) is 0.841. The van der Waals surface area contributed by atoms with Gasteiger partial charge < -0.3 is 0 Å². The summed E-state index contributed by atoms with van der Waals surface area (Å²) in [5.41, 5.74) is 1.11. The van der Waals surface area contributed by atoms with Crippen molar-refractivity contribution in [2.45, 2.75) is 0 Å². The van der Waals surface area contributed by atoms with Crippen LogP contribution in [-0.2, 0) is 0 Å². The van der Waals surface area contributed by atoms with Crippen LogP contribution in [-0.4, -0.2) is 0 Å². The van der Waals surface area contributed by atoms with E-state index in [1.165, 1.54) is 0 Å². The fourth-order valence-electron chi connectivity index (χ4n) is 0.841. The molecule has 0 aliphatic carbocycles. The van der Waals surface area contributed by atoms with Crippen LogP contribution in [0.25, 0.3) is 0 Å². The van der Waals surface area contributed by atoms with Crippen molar-refractivity contribution < 1.29 is 5.01 Å². The minimum Gasteiger partial charge on any atom is -0.130 e. The Morgan fingerprint density at radius 2 is 2.33 bits per heavy atom. The van der Waals surface area contributed by atoms with Gasteiger partial charge in [-0.15, -0.1) is 10.1 Å². The highest BCUT2D eigenvalue weighted by Crippen LogP contribution is 1.97. The highest BCUT2D eigenvalue weighted by Gasteiger charge is 2.15. The van der Waals surface area contributed by atoms with E-state index >= 15 is 0 Å². The quantitative estimate of drug-likeness (QED) is 0.472. The molecule has 0 aromatic heterocycles. The van der Waals surface area contributed by atoms with Crippen LogP contribution in [0.5, 0.6) is 0 Å². The first-order chi connectivity index (χ1) is 4.47. The Kier molecular flexibility index (Phi) is 0.841. The predicted molar refractivity (Wildman–Crippen MR) is 32.2 cm³/mol. The van der Waals surface area contributed by atoms with E-state index in [1.54, 1.807) is 6.20 Å². The van der Waals surface area contributed by atoms with Gasteiger partial charge in [-0.3, -0.25) is 0 Å². The van der Waals surface area contributed by atoms with Gasteiger partial charge in [0.05, 0.1) is 0 Å². The molecule has 0 saturated heterocycles. The molecule has 0 aromatic rings. The molecule has 1 N–H and O–H groups in total. The standard InChI is InChI=1S/C6H5N3/c1-2-4-9-6(3-1)5-7-8-9/h1-5H/p+1. The Balaban J connectivity index is 2.40. The monoisotopic (exact) mass is 120 g/mol. The van der Waals surface area contributed by atoms with Gasteiger partial charge in [-0.2, -0.15) is 0 Å². The number of hydrogen-bond donors (Lipinski definition) is 1. The predicted octanol–water partition coefficient (Wildman–Crippen LogP) is 0.177. The topological polar surface area (TPSA) is 29.2 Å². The zero-order chi connectivity index (χ0) is 6.10. The Labute approximate surface area is 52.7 Å². The lowest BCUT2D eigenvalue weighted by molar-refractivity contribution is -0.810. The molecule has 2 aliphatic rings. The molecule has 0 saturated carbocycles. The summed E-state index contributed by atoms with van der Waals surface area (Å²) in [7, 11) is 0. The highest BCUT2D eigenvalue weighted by molar-refractivity contribution is 5.19. The molecular weight excluding hydrogens is 114 g/mol. The van der Waals surface area contributed by atoms with Crippen molar-refractivity contribution >= 4 is 0 Å². The number of hydrogen-bond acceptors (Lipinski definition) is 2. The molecule has 9 heavy (non-hydrogen) atoms. The third kappa shape index (κ3) is 0.622. The lowest BCUT2D eigenvalue weighted by Crippen LogP contribution is -2.99. The largest absolute Gasteiger partial charge is 0.184 e. The van der Waals surface area contributed by atoms with Crippen molar-refractivity contribution in [3.63, 3.8) is 0 Å². The summed E-state index contributed by atoms with van der Waals surface area (Å²) in [6.07, 6.45) is 9.63. The molecule has 0 bridgehead atoms. The molecule has 0 aromatic carbocycles. The molecule has 3 heteroatoms. The average Bonchev–Trinajstić information content (AvgIpc) is 2.33. The van der Waals surface area contributed by atoms with E-state index in [1.807, 2.05) is 24.4 Å². The molecule has 44 valence electrons. The van der Waals surface area contributed by atoms with Crippen molar-refractivity contribution in [2.24, 2.45) is 10.3 Å². The van der Waals surface area contributed by atoms with Crippen LogP contribution < -0.4 is 5.01 Å². The normalized spacial score (nSPS) is 28.4. The second kappa shape index (κ2) is 1.63. The minimum atomic E-state index is 0.970. The smallest absolute Gasteiger partial charge is 0.130 e. The number of rotatable bonds is 0. The summed E-state index contributed by atoms with van der Waals surface area (Å²) in [4.78, 5) is 0. The van der Waals surface area contributed by atoms with Crippen molar-refractivity contribution in [1.82, 2.24) is 0 Å². The molecular formula is C6H6N3+. The molecule has 0 fully saturated rings. The van der Waals surface area contributed by atoms with Gasteiger partial charge in [-0.25, -0.2) is 0 Å². The van der Waals surface area contributed by atoms with Crippen LogP contribution in [0, 0.1) is 0 Å². The van der Waals surface area contributed by atoms with Gasteiger partial charge in [0.2, 0.25) is 0 Å². The first-order valence-corrected chi connectivity index (χ1v) is 2.80. The minimum absolute atomic E-state index is 0.970. The first-order valence-electron chi connectivity index (χ1n) is 2.80. The number of nitrogens with zero attached hydrogens (tertiary/aromatic N) is 2. The van der Waals surface area contributed by atoms with E-state index in [2.05, 4.69) is 10.3 Å². The number of quaternary nitrogens is 1. The summed E-state index contributed by atoms with van der Waals surface area (Å²) in [6, 6.07) is 0. The van der Waals surface area contributed by atoms with E-state index in [4.69, 9.17) is 0 Å². The van der Waals surface area contributed by atoms with Gasteiger partial charge in [0, 0.05) is 11.3 Å². The first kappa shape index (κ1) is 4.64. The Morgan fingerprint density at radius 3 is 3.22 bits per heavy atom. The average molecular weight is 120 g/mol. The highest BCUT2D eigenvalue weighted by atomic mass is 15.6. The number of nitrogens with one attached hydrogen (secondary N) is 1. The second-order valence-electron chi connectivity index (χ2n) is 1.90. The fraction of sp³-hybridized carbons (Fsp3) is 0. The van der Waals surface area contributed by atoms with Crippen LogP contribution in [0.4, 0.5) is 0 Å². The molecule has 2 aliphatic heterocycles. The SMILES string of the molecule is C1=CC2=CN=N[NH+]2C=C1. The number of fused-ring (bicyclic) bond motifs is 1. The Morgan fingerprint density at radius 1 is 1.33 bits per heavy atom. The van der Waals surface area contributed by atoms with Crippen LogP contribution in [0.3, 0.4) is 0 Å². The van der Waals surface area contributed by atoms with Gasteiger partial charge in [-0.1, -0.05) is 6.08 Å². The maximum absolute atomic E-state index is 3.87. The van der Waals surface area contributed by atoms with Crippen molar-refractivity contribution in [3.05, 3.63) is 36.3 Å². The maximum Gasteiger partial charge on any atom is 0.184 e. The lowest BCUT2D eigenvalue weighted by atomic mass is 10.3. The molecule has 0 spiro atoms. The third-order valence-electron chi connectivity index (χ3n) is 1.30. The van der Waals surface area contributed by atoms with E-state index in [9.17, 15) is 0 Å². The molecule has 3 nitrogen and oxygen atoms in total. The Hall–Kier alpha value is -1.22. The van der Waals surface area contributed by atoms with Crippen molar-refractivity contribution in [1.29, 1.82) is 0 Å². The summed E-state index contributed by atoms with van der Waals surface area (Å²) >= 11 is 0. The Bertz CT molecular complexity index is 235. The summed E-state index contributed by atoms with van der Waals surface area (Å²) in [6.45, 7) is 0. The van der Waals surface area contributed by atoms with E-state index in [0.29, 0.717) is 0 Å². The summed E-state index contributed by atoms with van der Waals surface area (Å²) < 4.78 is 0. The molecule has 2 heterocycles. The van der Waals surface area contributed by atoms with Crippen molar-refractivity contribution in [2.75, 3.05) is 0 Å². The van der Waals surface area contributed by atoms with Crippen LogP contribution in [0.15, 0.2) is 46.7 Å². The van der Waals surface area contributed by atoms with E-state index < -0.39 is 0 Å². The van der Waals surface area contributed by atoms with E-state index in [0.717, 1.165) is 10.7 Å². The third-order valence-corrected chi connectivity index (χ3v) is 1.30. The second-order valence-corrected chi connectivity index (χ2v) is 1.90. The van der Waals surface area contributed by atoms with Crippen LogP contribution in [0.2, 0.25) is 0 Å². The van der Waals surface area contributed by atoms with Crippen LogP contribution >= 0.6 is 0 Å². The van der Waals surface area contributed by atoms with E-state index in [-0.39, 0.29) is 0 Å².